The van der Waals surface area contributed by atoms with Crippen LogP contribution in [-0.4, -0.2) is 53.4 Å². The van der Waals surface area contributed by atoms with Gasteiger partial charge in [-0.3, -0.25) is 4.90 Å². The molecule has 1 aliphatic rings. The van der Waals surface area contributed by atoms with Gasteiger partial charge in [0.1, 0.15) is 0 Å². The summed E-state index contributed by atoms with van der Waals surface area (Å²) >= 11 is 0. The molecular weight excluding hydrogens is 419 g/mol. The Kier molecular flexibility index (Phi) is 8.82. The lowest BCUT2D eigenvalue weighted by Crippen LogP contribution is -2.42. The molecule has 1 atom stereocenters. The average Bonchev–Trinajstić information content (AvgIpc) is 3.13. The van der Waals surface area contributed by atoms with Crippen molar-refractivity contribution in [2.24, 2.45) is 17.8 Å². The first-order valence-corrected chi connectivity index (χ1v) is 8.47. The van der Waals surface area contributed by atoms with Crippen molar-refractivity contribution >= 4 is 29.9 Å². The minimum atomic E-state index is 0. The van der Waals surface area contributed by atoms with Gasteiger partial charge < -0.3 is 15.8 Å². The lowest BCUT2D eigenvalue weighted by atomic mass is 10.2. The summed E-state index contributed by atoms with van der Waals surface area (Å²) in [6.07, 6.45) is 3.34. The molecule has 0 saturated carbocycles. The Hall–Kier alpha value is -1.03. The van der Waals surface area contributed by atoms with Crippen LogP contribution in [0.2, 0.25) is 0 Å². The van der Waals surface area contributed by atoms with Gasteiger partial charge in [0.15, 0.2) is 5.96 Å². The zero-order valence-electron chi connectivity index (χ0n) is 15.2. The summed E-state index contributed by atoms with van der Waals surface area (Å²) in [4.78, 5) is 6.95. The summed E-state index contributed by atoms with van der Waals surface area (Å²) in [5, 5.41) is 7.72. The van der Waals surface area contributed by atoms with E-state index in [9.17, 15) is 0 Å². The predicted octanol–water partition coefficient (Wildman–Crippen LogP) is 1.50. The zero-order valence-corrected chi connectivity index (χ0v) is 17.5. The van der Waals surface area contributed by atoms with Crippen molar-refractivity contribution in [1.29, 1.82) is 0 Å². The maximum Gasteiger partial charge on any atom is 0.216 e. The van der Waals surface area contributed by atoms with Gasteiger partial charge in [-0.05, 0) is 32.4 Å². The summed E-state index contributed by atoms with van der Waals surface area (Å²) < 4.78 is 7.18. The molecule has 2 heterocycles. The molecule has 0 aromatic carbocycles. The first kappa shape index (κ1) is 21.0. The third-order valence-electron chi connectivity index (χ3n) is 4.53. The topological polar surface area (TPSA) is 80.7 Å². The average molecular weight is 450 g/mol. The van der Waals surface area contributed by atoms with Gasteiger partial charge in [-0.1, -0.05) is 13.8 Å². The number of nitrogens with two attached hydrogens (primary N) is 1. The van der Waals surface area contributed by atoms with Crippen LogP contribution >= 0.6 is 24.0 Å². The number of nitrogens with zero attached hydrogens (tertiary/aromatic N) is 4. The number of nitrogens with one attached hydrogen (secondary N) is 1. The highest BCUT2D eigenvalue weighted by atomic mass is 127. The maximum atomic E-state index is 6.03. The van der Waals surface area contributed by atoms with Crippen molar-refractivity contribution in [3.8, 4) is 5.88 Å². The fraction of sp³-hybridized carbons (Fsp3) is 0.750. The molecule has 0 amide bonds. The van der Waals surface area contributed by atoms with Crippen LogP contribution in [0.15, 0.2) is 4.99 Å². The van der Waals surface area contributed by atoms with Crippen molar-refractivity contribution < 1.29 is 4.74 Å². The summed E-state index contributed by atoms with van der Waals surface area (Å²) in [5.41, 5.74) is 8.05. The van der Waals surface area contributed by atoms with E-state index in [0.29, 0.717) is 18.5 Å². The molecule has 7 nitrogen and oxygen atoms in total. The molecule has 1 fully saturated rings. The van der Waals surface area contributed by atoms with Gasteiger partial charge in [0.25, 0.3) is 0 Å². The second kappa shape index (κ2) is 10.1. The maximum absolute atomic E-state index is 6.03. The Balaban J connectivity index is 0.00000288. The van der Waals surface area contributed by atoms with Crippen LogP contribution in [0.1, 0.15) is 37.9 Å². The van der Waals surface area contributed by atoms with Crippen LogP contribution in [0.5, 0.6) is 5.88 Å². The number of likely N-dealkylation sites (tertiary alicyclic amines) is 1. The van der Waals surface area contributed by atoms with Gasteiger partial charge in [0.2, 0.25) is 5.88 Å². The van der Waals surface area contributed by atoms with Crippen molar-refractivity contribution in [2.45, 2.75) is 45.7 Å². The third kappa shape index (κ3) is 4.98. The molecule has 3 N–H and O–H groups in total. The smallest absolute Gasteiger partial charge is 0.216 e. The number of aryl methyl sites for hydroxylation is 2. The van der Waals surface area contributed by atoms with Crippen molar-refractivity contribution in [1.82, 2.24) is 20.0 Å². The molecule has 1 unspecified atom stereocenters. The lowest BCUT2D eigenvalue weighted by molar-refractivity contribution is 0.267. The molecule has 8 heteroatoms. The van der Waals surface area contributed by atoms with E-state index in [1.54, 1.807) is 11.8 Å². The molecule has 2 rings (SSSR count). The quantitative estimate of drug-likeness (QED) is 0.374. The van der Waals surface area contributed by atoms with Crippen LogP contribution in [0.3, 0.4) is 0 Å². The number of guanidine groups is 1. The van der Waals surface area contributed by atoms with Crippen LogP contribution in [0.25, 0.3) is 0 Å². The van der Waals surface area contributed by atoms with Gasteiger partial charge in [-0.25, -0.2) is 9.67 Å². The minimum Gasteiger partial charge on any atom is -0.481 e. The van der Waals surface area contributed by atoms with Crippen molar-refractivity contribution in [3.63, 3.8) is 0 Å². The summed E-state index contributed by atoms with van der Waals surface area (Å²) in [6, 6.07) is 0.563. The number of methoxy groups -OCH3 is 1. The molecule has 24 heavy (non-hydrogen) atoms. The van der Waals surface area contributed by atoms with Crippen molar-refractivity contribution in [2.75, 3.05) is 26.7 Å². The summed E-state index contributed by atoms with van der Waals surface area (Å²) in [7, 11) is 3.54. The Morgan fingerprint density at radius 2 is 2.21 bits per heavy atom. The van der Waals surface area contributed by atoms with Gasteiger partial charge >= 0.3 is 0 Å². The van der Waals surface area contributed by atoms with Gasteiger partial charge in [0, 0.05) is 19.6 Å². The number of hydrogen-bond acceptors (Lipinski definition) is 4. The number of aromatic nitrogens is 2. The third-order valence-corrected chi connectivity index (χ3v) is 4.53. The van der Waals surface area contributed by atoms with E-state index in [1.807, 2.05) is 7.05 Å². The number of hydrogen-bond donors (Lipinski definition) is 2. The van der Waals surface area contributed by atoms with E-state index in [4.69, 9.17) is 10.5 Å². The molecular formula is C16H31IN6O. The van der Waals surface area contributed by atoms with Crippen molar-refractivity contribution in [3.05, 3.63) is 11.3 Å². The Labute approximate surface area is 162 Å². The molecule has 1 saturated heterocycles. The second-order valence-corrected chi connectivity index (χ2v) is 5.92. The number of halogens is 1. The van der Waals surface area contributed by atoms with E-state index in [2.05, 4.69) is 34.2 Å². The molecule has 1 aliphatic heterocycles. The Bertz CT molecular complexity index is 545. The first-order valence-electron chi connectivity index (χ1n) is 8.47. The summed E-state index contributed by atoms with van der Waals surface area (Å²) in [5.74, 6) is 1.24. The fourth-order valence-corrected chi connectivity index (χ4v) is 3.29. The van der Waals surface area contributed by atoms with E-state index in [-0.39, 0.29) is 24.0 Å². The highest BCUT2D eigenvalue weighted by molar-refractivity contribution is 14.0. The SMILES string of the molecule is CCc1nn(C)c(OC)c1CN=C(N)NCC1CCCN1CC.I. The number of aliphatic imine (C=N–C) groups is 1. The number of rotatable bonds is 7. The van der Waals surface area contributed by atoms with Crippen LogP contribution in [-0.2, 0) is 20.0 Å². The molecule has 0 spiro atoms. The molecule has 1 aromatic heterocycles. The summed E-state index contributed by atoms with van der Waals surface area (Å²) in [6.45, 7) is 7.91. The van der Waals surface area contributed by atoms with Gasteiger partial charge in [-0.15, -0.1) is 24.0 Å². The zero-order chi connectivity index (χ0) is 16.8. The normalized spacial score (nSPS) is 18.5. The molecule has 0 aliphatic carbocycles. The van der Waals surface area contributed by atoms with E-state index >= 15 is 0 Å². The van der Waals surface area contributed by atoms with E-state index in [0.717, 1.165) is 36.6 Å². The fourth-order valence-electron chi connectivity index (χ4n) is 3.29. The number of likely N-dealkylation sites (N-methyl/N-ethyl adjacent to an activating group) is 1. The molecule has 1 aromatic rings. The van der Waals surface area contributed by atoms with Crippen LogP contribution < -0.4 is 15.8 Å². The standard InChI is InChI=1S/C16H30N6O.HI/c1-5-14-13(15(23-4)21(3)20-14)11-19-16(17)18-10-12-8-7-9-22(12)6-2;/h12H,5-11H2,1-4H3,(H3,17,18,19);1H. The molecule has 138 valence electrons. The van der Waals surface area contributed by atoms with E-state index < -0.39 is 0 Å². The highest BCUT2D eigenvalue weighted by Crippen LogP contribution is 2.22. The predicted molar refractivity (Wildman–Crippen MR) is 108 cm³/mol. The van der Waals surface area contributed by atoms with Gasteiger partial charge in [0.05, 0.1) is 24.9 Å². The number of ether oxygens (including phenoxy) is 1. The lowest BCUT2D eigenvalue weighted by Gasteiger charge is -2.23. The second-order valence-electron chi connectivity index (χ2n) is 5.92. The van der Waals surface area contributed by atoms with Crippen LogP contribution in [0, 0.1) is 0 Å². The first-order chi connectivity index (χ1) is 11.1. The van der Waals surface area contributed by atoms with Crippen LogP contribution in [0.4, 0.5) is 0 Å². The Morgan fingerprint density at radius 3 is 2.83 bits per heavy atom. The largest absolute Gasteiger partial charge is 0.481 e. The molecule has 0 radical (unpaired) electrons. The monoisotopic (exact) mass is 450 g/mol. The highest BCUT2D eigenvalue weighted by Gasteiger charge is 2.22. The van der Waals surface area contributed by atoms with Gasteiger partial charge in [-0.2, -0.15) is 5.10 Å². The minimum absolute atomic E-state index is 0. The Morgan fingerprint density at radius 1 is 1.46 bits per heavy atom. The van der Waals surface area contributed by atoms with E-state index in [1.165, 1.54) is 19.4 Å². The molecule has 0 bridgehead atoms.